The predicted molar refractivity (Wildman–Crippen MR) is 72.3 cm³/mol. The van der Waals surface area contributed by atoms with Crippen molar-refractivity contribution in [3.05, 3.63) is 17.0 Å². The minimum Gasteiger partial charge on any atom is -0.349 e. The number of carbonyl (C=O) groups is 1. The zero-order chi connectivity index (χ0) is 13.7. The minimum absolute atomic E-state index is 0.186. The van der Waals surface area contributed by atoms with Crippen LogP contribution in [0.25, 0.3) is 0 Å². The van der Waals surface area contributed by atoms with E-state index < -0.39 is 0 Å². The van der Waals surface area contributed by atoms with Crippen molar-refractivity contribution in [1.82, 2.24) is 20.0 Å². The third kappa shape index (κ3) is 3.84. The van der Waals surface area contributed by atoms with Crippen LogP contribution in [0.1, 0.15) is 29.8 Å². The van der Waals surface area contributed by atoms with Crippen LogP contribution < -0.4 is 5.32 Å². The van der Waals surface area contributed by atoms with E-state index in [2.05, 4.69) is 17.3 Å². The summed E-state index contributed by atoms with van der Waals surface area (Å²) >= 11 is 0. The second-order valence-electron chi connectivity index (χ2n) is 4.84. The largest absolute Gasteiger partial charge is 0.349 e. The van der Waals surface area contributed by atoms with Gasteiger partial charge in [0, 0.05) is 45.4 Å². The van der Waals surface area contributed by atoms with Crippen molar-refractivity contribution in [2.24, 2.45) is 7.05 Å². The monoisotopic (exact) mass is 252 g/mol. The van der Waals surface area contributed by atoms with E-state index in [4.69, 9.17) is 0 Å². The molecule has 0 aliphatic heterocycles. The summed E-state index contributed by atoms with van der Waals surface area (Å²) in [5.74, 6) is 0.186. The SMILES string of the molecule is Cc1nn(C)c(C)c1CNCCCC(=O)N(C)C. The van der Waals surface area contributed by atoms with Gasteiger partial charge in [0.2, 0.25) is 5.91 Å². The first-order chi connectivity index (χ1) is 8.43. The highest BCUT2D eigenvalue weighted by Crippen LogP contribution is 2.11. The summed E-state index contributed by atoms with van der Waals surface area (Å²) in [5, 5.41) is 7.74. The first-order valence-electron chi connectivity index (χ1n) is 6.33. The molecule has 0 aliphatic carbocycles. The van der Waals surface area contributed by atoms with Gasteiger partial charge >= 0.3 is 0 Å². The summed E-state index contributed by atoms with van der Waals surface area (Å²) in [5.41, 5.74) is 3.53. The molecule has 0 aliphatic rings. The number of hydrogen-bond acceptors (Lipinski definition) is 3. The van der Waals surface area contributed by atoms with Crippen LogP contribution >= 0.6 is 0 Å². The molecule has 1 heterocycles. The van der Waals surface area contributed by atoms with Crippen molar-refractivity contribution in [3.8, 4) is 0 Å². The van der Waals surface area contributed by atoms with E-state index in [1.165, 1.54) is 11.3 Å². The number of aryl methyl sites for hydroxylation is 2. The van der Waals surface area contributed by atoms with Gasteiger partial charge in [-0.3, -0.25) is 9.48 Å². The number of hydrogen-bond donors (Lipinski definition) is 1. The van der Waals surface area contributed by atoms with E-state index in [0.29, 0.717) is 6.42 Å². The molecule has 0 bridgehead atoms. The van der Waals surface area contributed by atoms with Crippen LogP contribution in [0.4, 0.5) is 0 Å². The van der Waals surface area contributed by atoms with Gasteiger partial charge in [-0.2, -0.15) is 5.10 Å². The van der Waals surface area contributed by atoms with Gasteiger partial charge < -0.3 is 10.2 Å². The van der Waals surface area contributed by atoms with Crippen LogP contribution in [0, 0.1) is 13.8 Å². The molecule has 1 rings (SSSR count). The van der Waals surface area contributed by atoms with Crippen molar-refractivity contribution in [3.63, 3.8) is 0 Å². The zero-order valence-electron chi connectivity index (χ0n) is 12.1. The molecule has 0 saturated heterocycles. The van der Waals surface area contributed by atoms with E-state index in [1.807, 2.05) is 18.7 Å². The molecule has 1 amide bonds. The maximum atomic E-state index is 11.4. The van der Waals surface area contributed by atoms with Crippen molar-refractivity contribution >= 4 is 5.91 Å². The lowest BCUT2D eigenvalue weighted by molar-refractivity contribution is -0.128. The Balaban J connectivity index is 2.28. The highest BCUT2D eigenvalue weighted by atomic mass is 16.2. The molecule has 1 aromatic rings. The van der Waals surface area contributed by atoms with Crippen molar-refractivity contribution in [2.45, 2.75) is 33.2 Å². The van der Waals surface area contributed by atoms with Crippen molar-refractivity contribution < 1.29 is 4.79 Å². The van der Waals surface area contributed by atoms with Crippen LogP contribution in [0.15, 0.2) is 0 Å². The number of amides is 1. The fourth-order valence-corrected chi connectivity index (χ4v) is 1.87. The van der Waals surface area contributed by atoms with Crippen LogP contribution in [-0.4, -0.2) is 41.2 Å². The van der Waals surface area contributed by atoms with Crippen molar-refractivity contribution in [1.29, 1.82) is 0 Å². The van der Waals surface area contributed by atoms with E-state index in [1.54, 1.807) is 19.0 Å². The minimum atomic E-state index is 0.186. The Morgan fingerprint density at radius 2 is 2.06 bits per heavy atom. The van der Waals surface area contributed by atoms with Crippen LogP contribution in [-0.2, 0) is 18.4 Å². The normalized spacial score (nSPS) is 10.7. The van der Waals surface area contributed by atoms with E-state index in [9.17, 15) is 4.79 Å². The van der Waals surface area contributed by atoms with Crippen LogP contribution in [0.5, 0.6) is 0 Å². The molecule has 1 N–H and O–H groups in total. The molecule has 0 unspecified atom stereocenters. The lowest BCUT2D eigenvalue weighted by Gasteiger charge is -2.10. The van der Waals surface area contributed by atoms with Gasteiger partial charge in [0.25, 0.3) is 0 Å². The number of rotatable bonds is 6. The van der Waals surface area contributed by atoms with Crippen LogP contribution in [0.3, 0.4) is 0 Å². The molecule has 0 atom stereocenters. The molecule has 18 heavy (non-hydrogen) atoms. The molecule has 5 heteroatoms. The van der Waals surface area contributed by atoms with Gasteiger partial charge in [-0.1, -0.05) is 0 Å². The van der Waals surface area contributed by atoms with E-state index in [0.717, 1.165) is 25.2 Å². The second-order valence-corrected chi connectivity index (χ2v) is 4.84. The fraction of sp³-hybridized carbons (Fsp3) is 0.692. The lowest BCUT2D eigenvalue weighted by atomic mass is 10.2. The molecule has 102 valence electrons. The number of nitrogens with zero attached hydrogens (tertiary/aromatic N) is 3. The first kappa shape index (κ1) is 14.7. The Hall–Kier alpha value is -1.36. The topological polar surface area (TPSA) is 50.2 Å². The van der Waals surface area contributed by atoms with Gasteiger partial charge in [0.05, 0.1) is 5.69 Å². The Kier molecular flexibility index (Phi) is 5.34. The van der Waals surface area contributed by atoms with Crippen molar-refractivity contribution in [2.75, 3.05) is 20.6 Å². The van der Waals surface area contributed by atoms with E-state index >= 15 is 0 Å². The molecule has 1 aromatic heterocycles. The van der Waals surface area contributed by atoms with Gasteiger partial charge in [-0.15, -0.1) is 0 Å². The molecule has 0 spiro atoms. The second kappa shape index (κ2) is 6.54. The summed E-state index contributed by atoms with van der Waals surface area (Å²) in [4.78, 5) is 13.0. The van der Waals surface area contributed by atoms with Crippen LogP contribution in [0.2, 0.25) is 0 Å². The number of aromatic nitrogens is 2. The zero-order valence-corrected chi connectivity index (χ0v) is 12.1. The quantitative estimate of drug-likeness (QED) is 0.768. The third-order valence-corrected chi connectivity index (χ3v) is 3.20. The molecular formula is C13H24N4O. The number of carbonyl (C=O) groups excluding carboxylic acids is 1. The molecule has 0 fully saturated rings. The predicted octanol–water partition coefficient (Wildman–Crippen LogP) is 0.995. The number of nitrogens with one attached hydrogen (secondary N) is 1. The van der Waals surface area contributed by atoms with Gasteiger partial charge in [-0.05, 0) is 26.8 Å². The maximum Gasteiger partial charge on any atom is 0.222 e. The molecule has 0 aromatic carbocycles. The molecule has 0 radical (unpaired) electrons. The van der Waals surface area contributed by atoms with Gasteiger partial charge in [0.15, 0.2) is 0 Å². The standard InChI is InChI=1S/C13H24N4O/c1-10-12(11(2)17(5)15-10)9-14-8-6-7-13(18)16(3)4/h14H,6-9H2,1-5H3. The highest BCUT2D eigenvalue weighted by Gasteiger charge is 2.08. The highest BCUT2D eigenvalue weighted by molar-refractivity contribution is 5.75. The third-order valence-electron chi connectivity index (χ3n) is 3.20. The Morgan fingerprint density at radius 1 is 1.39 bits per heavy atom. The average Bonchev–Trinajstić information content (AvgIpc) is 2.54. The summed E-state index contributed by atoms with van der Waals surface area (Å²) in [7, 11) is 5.54. The summed E-state index contributed by atoms with van der Waals surface area (Å²) in [6.45, 7) is 5.78. The lowest BCUT2D eigenvalue weighted by Crippen LogP contribution is -2.23. The summed E-state index contributed by atoms with van der Waals surface area (Å²) in [6, 6.07) is 0. The van der Waals surface area contributed by atoms with Gasteiger partial charge in [-0.25, -0.2) is 0 Å². The maximum absolute atomic E-state index is 11.4. The Labute approximate surface area is 109 Å². The first-order valence-corrected chi connectivity index (χ1v) is 6.33. The smallest absolute Gasteiger partial charge is 0.222 e. The Bertz CT molecular complexity index is 409. The summed E-state index contributed by atoms with van der Waals surface area (Å²) in [6.07, 6.45) is 1.47. The molecule has 5 nitrogen and oxygen atoms in total. The average molecular weight is 252 g/mol. The molecule has 0 saturated carbocycles. The van der Waals surface area contributed by atoms with E-state index in [-0.39, 0.29) is 5.91 Å². The molecular weight excluding hydrogens is 228 g/mol. The summed E-state index contributed by atoms with van der Waals surface area (Å²) < 4.78 is 1.90. The van der Waals surface area contributed by atoms with Gasteiger partial charge in [0.1, 0.15) is 0 Å². The Morgan fingerprint density at radius 3 is 2.56 bits per heavy atom. The fourth-order valence-electron chi connectivity index (χ4n) is 1.87.